The second-order valence-electron chi connectivity index (χ2n) is 6.63. The molecule has 5 nitrogen and oxygen atoms in total. The molecule has 1 fully saturated rings. The summed E-state index contributed by atoms with van der Waals surface area (Å²) >= 11 is 6.07. The highest BCUT2D eigenvalue weighted by molar-refractivity contribution is 6.30. The molecule has 1 saturated heterocycles. The van der Waals surface area contributed by atoms with Crippen molar-refractivity contribution in [3.05, 3.63) is 59.1 Å². The summed E-state index contributed by atoms with van der Waals surface area (Å²) in [5.74, 6) is 0.136. The van der Waals surface area contributed by atoms with Crippen molar-refractivity contribution in [3.63, 3.8) is 0 Å². The van der Waals surface area contributed by atoms with Gasteiger partial charge >= 0.3 is 0 Å². The number of halogens is 1. The normalized spacial score (nSPS) is 17.7. The first-order valence-corrected chi connectivity index (χ1v) is 9.40. The summed E-state index contributed by atoms with van der Waals surface area (Å²) in [5.41, 5.74) is 1.71. The van der Waals surface area contributed by atoms with E-state index < -0.39 is 0 Å². The van der Waals surface area contributed by atoms with Gasteiger partial charge in [0.2, 0.25) is 11.8 Å². The van der Waals surface area contributed by atoms with Crippen LogP contribution in [0.4, 0.5) is 5.69 Å². The van der Waals surface area contributed by atoms with Crippen molar-refractivity contribution >= 4 is 29.1 Å². The molecule has 0 bridgehead atoms. The Kier molecular flexibility index (Phi) is 6.01. The number of hydrogen-bond acceptors (Lipinski definition) is 3. The molecule has 1 aliphatic heterocycles. The van der Waals surface area contributed by atoms with Gasteiger partial charge < -0.3 is 15.0 Å². The van der Waals surface area contributed by atoms with E-state index in [4.69, 9.17) is 16.3 Å². The van der Waals surface area contributed by atoms with E-state index in [1.54, 1.807) is 24.1 Å². The maximum atomic E-state index is 12.8. The topological polar surface area (TPSA) is 58.6 Å². The minimum absolute atomic E-state index is 0.0563. The largest absolute Gasteiger partial charge is 0.497 e. The van der Waals surface area contributed by atoms with E-state index >= 15 is 0 Å². The molecule has 0 radical (unpaired) electrons. The second kappa shape index (κ2) is 8.44. The van der Waals surface area contributed by atoms with Crippen LogP contribution in [-0.4, -0.2) is 25.5 Å². The van der Waals surface area contributed by atoms with E-state index in [2.05, 4.69) is 5.32 Å². The molecule has 0 saturated carbocycles. The molecule has 27 heavy (non-hydrogen) atoms. The van der Waals surface area contributed by atoms with E-state index in [-0.39, 0.29) is 30.2 Å². The Morgan fingerprint density at radius 2 is 2.07 bits per heavy atom. The number of hydrogen-bond donors (Lipinski definition) is 1. The zero-order valence-corrected chi connectivity index (χ0v) is 16.2. The molecular weight excluding hydrogens is 364 g/mol. The molecule has 1 N–H and O–H groups in total. The van der Waals surface area contributed by atoms with E-state index in [1.165, 1.54) is 0 Å². The number of carbonyl (C=O) groups excluding carboxylic acids is 2. The Morgan fingerprint density at radius 1 is 1.30 bits per heavy atom. The minimum Gasteiger partial charge on any atom is -0.497 e. The average molecular weight is 387 g/mol. The zero-order valence-electron chi connectivity index (χ0n) is 15.4. The van der Waals surface area contributed by atoms with Crippen LogP contribution in [0.15, 0.2) is 48.5 Å². The maximum Gasteiger partial charge on any atom is 0.227 e. The van der Waals surface area contributed by atoms with Crippen LogP contribution in [0, 0.1) is 5.92 Å². The fraction of sp³-hybridized carbons (Fsp3) is 0.333. The summed E-state index contributed by atoms with van der Waals surface area (Å²) in [4.78, 5) is 26.9. The standard InChI is InChI=1S/C21H23ClN2O3/c1-3-19(14-6-4-7-16(22)10-14)23-21(26)15-11-20(25)24(13-15)17-8-5-9-18(12-17)27-2/h4-10,12,15,19H,3,11,13H2,1-2H3,(H,23,26). The molecule has 1 aliphatic rings. The van der Waals surface area contributed by atoms with Crippen molar-refractivity contribution in [1.82, 2.24) is 5.32 Å². The van der Waals surface area contributed by atoms with Crippen LogP contribution < -0.4 is 15.0 Å². The van der Waals surface area contributed by atoms with Gasteiger partial charge in [-0.1, -0.05) is 36.7 Å². The lowest BCUT2D eigenvalue weighted by molar-refractivity contribution is -0.127. The lowest BCUT2D eigenvalue weighted by Gasteiger charge is -2.21. The lowest BCUT2D eigenvalue weighted by atomic mass is 10.0. The molecular formula is C21H23ClN2O3. The highest BCUT2D eigenvalue weighted by Crippen LogP contribution is 2.29. The summed E-state index contributed by atoms with van der Waals surface area (Å²) < 4.78 is 5.22. The first-order chi connectivity index (χ1) is 13.0. The van der Waals surface area contributed by atoms with E-state index in [0.717, 1.165) is 17.7 Å². The van der Waals surface area contributed by atoms with Crippen molar-refractivity contribution in [2.45, 2.75) is 25.8 Å². The van der Waals surface area contributed by atoms with Gasteiger partial charge in [-0.25, -0.2) is 0 Å². The predicted octanol–water partition coefficient (Wildman–Crippen LogP) is 3.97. The van der Waals surface area contributed by atoms with Crippen molar-refractivity contribution in [3.8, 4) is 5.75 Å². The molecule has 2 amide bonds. The number of anilines is 1. The van der Waals surface area contributed by atoms with Gasteiger partial charge in [-0.15, -0.1) is 0 Å². The van der Waals surface area contributed by atoms with Gasteiger partial charge in [0.05, 0.1) is 19.1 Å². The van der Waals surface area contributed by atoms with Gasteiger partial charge in [0, 0.05) is 29.7 Å². The maximum absolute atomic E-state index is 12.8. The highest BCUT2D eigenvalue weighted by atomic mass is 35.5. The van der Waals surface area contributed by atoms with Crippen LogP contribution in [0.3, 0.4) is 0 Å². The van der Waals surface area contributed by atoms with Crippen molar-refractivity contribution in [1.29, 1.82) is 0 Å². The van der Waals surface area contributed by atoms with Gasteiger partial charge in [-0.05, 0) is 36.2 Å². The Bertz CT molecular complexity index is 840. The molecule has 0 spiro atoms. The van der Waals surface area contributed by atoms with Gasteiger partial charge in [0.25, 0.3) is 0 Å². The average Bonchev–Trinajstić information content (AvgIpc) is 3.07. The van der Waals surface area contributed by atoms with Crippen LogP contribution >= 0.6 is 11.6 Å². The van der Waals surface area contributed by atoms with Gasteiger partial charge in [-0.3, -0.25) is 9.59 Å². The summed E-state index contributed by atoms with van der Waals surface area (Å²) in [5, 5.41) is 3.71. The van der Waals surface area contributed by atoms with Gasteiger partial charge in [0.1, 0.15) is 5.75 Å². The molecule has 2 unspecified atom stereocenters. The molecule has 142 valence electrons. The monoisotopic (exact) mass is 386 g/mol. The third kappa shape index (κ3) is 4.42. The Morgan fingerprint density at radius 3 is 2.78 bits per heavy atom. The minimum atomic E-state index is -0.378. The van der Waals surface area contributed by atoms with Crippen molar-refractivity contribution in [2.75, 3.05) is 18.6 Å². The molecule has 2 aromatic rings. The first-order valence-electron chi connectivity index (χ1n) is 9.02. The number of benzene rings is 2. The first kappa shape index (κ1) is 19.2. The van der Waals surface area contributed by atoms with Crippen LogP contribution in [0.5, 0.6) is 5.75 Å². The number of nitrogens with zero attached hydrogens (tertiary/aromatic N) is 1. The molecule has 1 heterocycles. The molecule has 2 aromatic carbocycles. The fourth-order valence-electron chi connectivity index (χ4n) is 3.35. The number of rotatable bonds is 6. The highest BCUT2D eigenvalue weighted by Gasteiger charge is 2.35. The summed E-state index contributed by atoms with van der Waals surface area (Å²) in [6.07, 6.45) is 0.946. The van der Waals surface area contributed by atoms with E-state index in [9.17, 15) is 9.59 Å². The molecule has 3 rings (SSSR count). The molecule has 2 atom stereocenters. The van der Waals surface area contributed by atoms with Crippen LogP contribution in [0.2, 0.25) is 5.02 Å². The van der Waals surface area contributed by atoms with Gasteiger partial charge in [-0.2, -0.15) is 0 Å². The van der Waals surface area contributed by atoms with Crippen LogP contribution in [-0.2, 0) is 9.59 Å². The molecule has 6 heteroatoms. The fourth-order valence-corrected chi connectivity index (χ4v) is 3.54. The quantitative estimate of drug-likeness (QED) is 0.817. The Balaban J connectivity index is 1.69. The lowest BCUT2D eigenvalue weighted by Crippen LogP contribution is -2.35. The summed E-state index contributed by atoms with van der Waals surface area (Å²) in [6.45, 7) is 2.37. The third-order valence-electron chi connectivity index (χ3n) is 4.84. The van der Waals surface area contributed by atoms with Crippen molar-refractivity contribution < 1.29 is 14.3 Å². The zero-order chi connectivity index (χ0) is 19.4. The predicted molar refractivity (Wildman–Crippen MR) is 106 cm³/mol. The molecule has 0 aromatic heterocycles. The van der Waals surface area contributed by atoms with Gasteiger partial charge in [0.15, 0.2) is 0 Å². The molecule has 0 aliphatic carbocycles. The second-order valence-corrected chi connectivity index (χ2v) is 7.07. The Labute approximate surface area is 164 Å². The van der Waals surface area contributed by atoms with Crippen LogP contribution in [0.25, 0.3) is 0 Å². The van der Waals surface area contributed by atoms with Crippen molar-refractivity contribution in [2.24, 2.45) is 5.92 Å². The summed E-state index contributed by atoms with van der Waals surface area (Å²) in [7, 11) is 1.59. The third-order valence-corrected chi connectivity index (χ3v) is 5.07. The van der Waals surface area contributed by atoms with E-state index in [1.807, 2.05) is 43.3 Å². The smallest absolute Gasteiger partial charge is 0.227 e. The number of ether oxygens (including phenoxy) is 1. The number of methoxy groups -OCH3 is 1. The van der Waals surface area contributed by atoms with E-state index in [0.29, 0.717) is 17.3 Å². The summed E-state index contributed by atoms with van der Waals surface area (Å²) in [6, 6.07) is 14.7. The van der Waals surface area contributed by atoms with Crippen LogP contribution in [0.1, 0.15) is 31.4 Å². The number of nitrogens with one attached hydrogen (secondary N) is 1. The number of carbonyl (C=O) groups is 2. The SMILES string of the molecule is CCC(NC(=O)C1CC(=O)N(c2cccc(OC)c2)C1)c1cccc(Cl)c1. The Hall–Kier alpha value is -2.53. The number of amides is 2.